The summed E-state index contributed by atoms with van der Waals surface area (Å²) in [6, 6.07) is 14.9. The van der Waals surface area contributed by atoms with Gasteiger partial charge in [-0.05, 0) is 167 Å². The van der Waals surface area contributed by atoms with Crippen molar-refractivity contribution >= 4 is 117 Å². The first-order valence-corrected chi connectivity index (χ1v) is 41.6. The zero-order valence-electron chi connectivity index (χ0n) is 67.4. The van der Waals surface area contributed by atoms with Crippen LogP contribution in [0.4, 0.5) is 21.0 Å². The third kappa shape index (κ3) is 50.4. The maximum absolute atomic E-state index is 13.8. The molecule has 1 aliphatic rings. The average Bonchev–Trinajstić information content (AvgIpc) is 1.48. The molecular formula is C79H117IN14O24S. The third-order valence-corrected chi connectivity index (χ3v) is 18.8. The number of ether oxygens (including phenoxy) is 8. The van der Waals surface area contributed by atoms with Crippen LogP contribution in [0.1, 0.15) is 144 Å². The minimum absolute atomic E-state index is 0.0139. The first-order chi connectivity index (χ1) is 57.6. The molecule has 1 aliphatic heterocycles. The molecule has 38 nitrogen and oxygen atoms in total. The zero-order valence-corrected chi connectivity index (χ0v) is 70.4. The second kappa shape index (κ2) is 64.6. The number of thiocarbonyl (C=S) groups is 1. The Hall–Kier alpha value is -9.33. The number of anilines is 2. The first-order valence-electron chi connectivity index (χ1n) is 40.1. The van der Waals surface area contributed by atoms with E-state index in [2.05, 4.69) is 90.6 Å². The van der Waals surface area contributed by atoms with Crippen molar-refractivity contribution < 1.29 is 116 Å². The molecule has 119 heavy (non-hydrogen) atoms. The number of carbonyl (C=O) groups is 10. The highest BCUT2D eigenvalue weighted by Gasteiger charge is 2.24. The van der Waals surface area contributed by atoms with E-state index in [0.29, 0.717) is 178 Å². The Labute approximate surface area is 711 Å². The van der Waals surface area contributed by atoms with Gasteiger partial charge in [0, 0.05) is 124 Å². The van der Waals surface area contributed by atoms with Crippen LogP contribution in [-0.2, 0) is 101 Å². The number of nitrogens with one attached hydrogen (secondary N) is 9. The van der Waals surface area contributed by atoms with Crippen LogP contribution in [0.15, 0.2) is 66.9 Å². The van der Waals surface area contributed by atoms with Crippen LogP contribution in [-0.4, -0.2) is 280 Å². The van der Waals surface area contributed by atoms with Gasteiger partial charge in [0.1, 0.15) is 17.9 Å². The summed E-state index contributed by atoms with van der Waals surface area (Å²) < 4.78 is 48.8. The number of urea groups is 2. The molecular weight excluding hydrogens is 1690 g/mol. The van der Waals surface area contributed by atoms with Crippen molar-refractivity contribution in [3.05, 3.63) is 87.4 Å². The number of rotatable bonds is 54. The number of carbonyl (C=O) groups excluding carboxylic acids is 8. The summed E-state index contributed by atoms with van der Waals surface area (Å²) in [7, 11) is 0. The zero-order chi connectivity index (χ0) is 86.3. The molecule has 0 spiro atoms. The van der Waals surface area contributed by atoms with Crippen LogP contribution >= 0.6 is 34.8 Å². The van der Waals surface area contributed by atoms with Crippen molar-refractivity contribution in [2.45, 2.75) is 154 Å². The van der Waals surface area contributed by atoms with Crippen LogP contribution in [0.2, 0.25) is 0 Å². The van der Waals surface area contributed by atoms with Crippen molar-refractivity contribution in [3.63, 3.8) is 0 Å². The third-order valence-electron chi connectivity index (χ3n) is 17.9. The van der Waals surface area contributed by atoms with Crippen molar-refractivity contribution in [3.8, 4) is 11.3 Å². The molecule has 5 rings (SSSR count). The molecule has 0 unspecified atom stereocenters. The number of aryl methyl sites for hydroxylation is 1. The molecule has 40 heteroatoms. The van der Waals surface area contributed by atoms with E-state index in [-0.39, 0.29) is 152 Å². The number of carboxylic acids is 4. The number of carboxylic acid groups (broad SMARTS) is 4. The number of Topliss-reactive ketones (excluding diaryl/α,β-unsaturated/α-hetero) is 1. The molecule has 660 valence electrons. The molecule has 4 aromatic rings. The van der Waals surface area contributed by atoms with Crippen molar-refractivity contribution in [2.24, 2.45) is 5.92 Å². The Kier molecular flexibility index (Phi) is 55.4. The van der Waals surface area contributed by atoms with Gasteiger partial charge in [-0.25, -0.2) is 33.6 Å². The van der Waals surface area contributed by atoms with Gasteiger partial charge in [-0.15, -0.1) is 5.10 Å². The summed E-state index contributed by atoms with van der Waals surface area (Å²) in [5, 5.41) is 71.5. The summed E-state index contributed by atoms with van der Waals surface area (Å²) in [4.78, 5) is 146. The molecule has 0 bridgehead atoms. The number of aromatic carboxylic acids is 1. The van der Waals surface area contributed by atoms with E-state index in [1.807, 2.05) is 30.3 Å². The molecule has 1 saturated heterocycles. The Balaban J connectivity index is 0.00000976. The van der Waals surface area contributed by atoms with E-state index in [0.717, 1.165) is 29.3 Å². The number of benzene rings is 2. The number of nitrogens with zero attached hydrogens (tertiary/aromatic N) is 5. The van der Waals surface area contributed by atoms with E-state index < -0.39 is 59.8 Å². The Morgan fingerprint density at radius 1 is 0.546 bits per heavy atom. The number of halogens is 1. The van der Waals surface area contributed by atoms with Crippen LogP contribution < -0.4 is 47.9 Å². The number of aliphatic carboxylic acids is 3. The molecule has 3 atom stereocenters. The maximum Gasteiger partial charge on any atom is 0.373 e. The topological polar surface area (TPSA) is 515 Å². The lowest BCUT2D eigenvalue weighted by Crippen LogP contribution is -2.46. The predicted octanol–water partition coefficient (Wildman–Crippen LogP) is 5.59. The van der Waals surface area contributed by atoms with E-state index in [4.69, 9.17) is 64.8 Å². The summed E-state index contributed by atoms with van der Waals surface area (Å²) in [6.45, 7) is 7.96. The number of aromatic nitrogens is 4. The highest BCUT2D eigenvalue weighted by molar-refractivity contribution is 14.1. The summed E-state index contributed by atoms with van der Waals surface area (Å²) in [5.74, 6) is -6.38. The van der Waals surface area contributed by atoms with Crippen molar-refractivity contribution in [1.29, 1.82) is 0 Å². The molecule has 0 radical (unpaired) electrons. The van der Waals surface area contributed by atoms with Gasteiger partial charge in [-0.3, -0.25) is 28.9 Å². The van der Waals surface area contributed by atoms with Gasteiger partial charge in [-0.2, -0.15) is 9.59 Å². The average molecular weight is 1810 g/mol. The van der Waals surface area contributed by atoms with Gasteiger partial charge < -0.3 is 106 Å². The van der Waals surface area contributed by atoms with Crippen molar-refractivity contribution in [1.82, 2.24) is 62.1 Å². The Bertz CT molecular complexity index is 3680. The molecule has 7 amide bonds. The van der Waals surface area contributed by atoms with Crippen LogP contribution in [0, 0.1) is 9.49 Å². The van der Waals surface area contributed by atoms with Crippen LogP contribution in [0.5, 0.6) is 0 Å². The predicted molar refractivity (Wildman–Crippen MR) is 445 cm³/mol. The first kappa shape index (κ1) is 102. The molecule has 2 aromatic heterocycles. The maximum atomic E-state index is 13.8. The molecule has 1 fully saturated rings. The largest absolute Gasteiger partial charge is 0.481 e. The lowest BCUT2D eigenvalue weighted by Gasteiger charge is -2.22. The van der Waals surface area contributed by atoms with E-state index in [1.165, 1.54) is 11.6 Å². The van der Waals surface area contributed by atoms with Gasteiger partial charge >= 0.3 is 42.1 Å². The lowest BCUT2D eigenvalue weighted by atomic mass is 9.94. The summed E-state index contributed by atoms with van der Waals surface area (Å²) in [6.07, 6.45) is 10.2. The monoisotopic (exact) mass is 1800 g/mol. The van der Waals surface area contributed by atoms with Gasteiger partial charge in [-0.1, -0.05) is 35.9 Å². The van der Waals surface area contributed by atoms with E-state index in [9.17, 15) is 63.3 Å². The standard InChI is InChI=1S/C78H117IN14O22S.CO2/c79-60-23-21-57(22-24-60)13-10-19-69(95)80-27-6-3-17-65(73(100)101)89-70(96)26-38-111-45-47-112-39-31-81-72(99)59(14-2-5-29-84-78(116)88-62-53-63(86-67(54-62)75(104)105)56-92-32-40-113-48-43-108-35-8-1-9-36-109-44-49-114-41-33-92)52-64(94)25-37-110-46-50-115-42-34-93-68(55-85-91-93)58-15-11-16-61(51-58)87-76(106)82-28-7-4-18-66(74(102)103)90-77(107)83-30-12-20-71(97)98;2-1-3/h11,15-16,21-24,51,53-55,59,65-66H,1-10,12-14,17-20,25-50,52,56H2,(H,80,95)(H,81,99)(H,89,96)(H,97,98)(H,100,101)(H,102,103)(H,104,105)(H2,82,87,106)(H2,83,90,107)(H2,84,86,88,116);/t59-,65+,66+;/m1./s1. The SMILES string of the molecule is O=C(O)CCCNC(=O)N[C@@H](CCCCNC(=O)Nc1cccc(-c2cnnn2CCOCCOCCC(=O)C[C@@H](CCCCNC(=S)Nc2cc(CN3CCOCCOCCCCCOCCOCC3)nc(C(=O)O)c2)C(=O)NCCOCCOCCC(=O)N[C@@H](CCCCNC(=O)CCCc2ccc(I)cc2)C(=O)O)c1)C(=O)O.O=C=O. The van der Waals surface area contributed by atoms with Gasteiger partial charge in [0.05, 0.1) is 117 Å². The van der Waals surface area contributed by atoms with Gasteiger partial charge in [0.15, 0.2) is 10.8 Å². The van der Waals surface area contributed by atoms with Crippen LogP contribution in [0.3, 0.4) is 0 Å². The van der Waals surface area contributed by atoms with Crippen molar-refractivity contribution in [2.75, 3.05) is 162 Å². The minimum atomic E-state index is -1.23. The van der Waals surface area contributed by atoms with Gasteiger partial charge in [0.25, 0.3) is 0 Å². The minimum Gasteiger partial charge on any atom is -0.481 e. The number of amides is 7. The molecule has 13 N–H and O–H groups in total. The molecule has 0 saturated carbocycles. The second-order valence-corrected chi connectivity index (χ2v) is 29.0. The summed E-state index contributed by atoms with van der Waals surface area (Å²) in [5.41, 5.74) is 3.75. The number of unbranched alkanes of at least 4 members (excludes halogenated alkanes) is 3. The van der Waals surface area contributed by atoms with E-state index >= 15 is 0 Å². The fraction of sp³-hybridized carbons (Fsp3) is 0.608. The fourth-order valence-corrected chi connectivity index (χ4v) is 12.3. The quantitative estimate of drug-likeness (QED) is 0.0145. The Morgan fingerprint density at radius 3 is 1.78 bits per heavy atom. The summed E-state index contributed by atoms with van der Waals surface area (Å²) >= 11 is 7.89. The number of ketones is 1. The fourth-order valence-electron chi connectivity index (χ4n) is 11.7. The van der Waals surface area contributed by atoms with E-state index in [1.54, 1.807) is 35.1 Å². The molecule has 0 aliphatic carbocycles. The number of hydrogen-bond donors (Lipinski definition) is 13. The normalized spacial score (nSPS) is 13.8. The van der Waals surface area contributed by atoms with Crippen LogP contribution in [0.25, 0.3) is 11.3 Å². The highest BCUT2D eigenvalue weighted by Crippen LogP contribution is 2.23. The van der Waals surface area contributed by atoms with Gasteiger partial charge in [0.2, 0.25) is 17.7 Å². The lowest BCUT2D eigenvalue weighted by molar-refractivity contribution is -0.192. The smallest absolute Gasteiger partial charge is 0.373 e. The second-order valence-electron chi connectivity index (χ2n) is 27.3. The Morgan fingerprint density at radius 2 is 1.13 bits per heavy atom. The molecule has 3 heterocycles. The number of hydrogen-bond acceptors (Lipinski definition) is 25. The molecule has 2 aromatic carbocycles. The number of pyridine rings is 1. The highest BCUT2D eigenvalue weighted by atomic mass is 127.